The van der Waals surface area contributed by atoms with Crippen LogP contribution in [-0.4, -0.2) is 62.6 Å². The summed E-state index contributed by atoms with van der Waals surface area (Å²) in [5.41, 5.74) is 0.846. The standard InChI is InChI=1S/C35H32O14/c1-4-30(36)42-18-6-20-44-34(40)47-26-12-8-24(9-13-26)32(38)46-28-16-17-29(23(3)22-28)49-33(39)25-10-14-27(15-11-25)48-35(41)45-21-7-19-43-31(37)5-2/h4-5,8-17,22H,1-2,6-7,18-21H2,3H3. The molecule has 0 saturated heterocycles. The van der Waals surface area contributed by atoms with Crippen molar-refractivity contribution < 1.29 is 66.7 Å². The minimum Gasteiger partial charge on any atom is -0.462 e. The van der Waals surface area contributed by atoms with Crippen molar-refractivity contribution in [2.75, 3.05) is 26.4 Å². The number of hydrogen-bond donors (Lipinski definition) is 0. The molecule has 0 radical (unpaired) electrons. The highest BCUT2D eigenvalue weighted by molar-refractivity contribution is 5.92. The quantitative estimate of drug-likeness (QED) is 0.0451. The monoisotopic (exact) mass is 676 g/mol. The molecule has 0 aliphatic rings. The predicted molar refractivity (Wildman–Crippen MR) is 169 cm³/mol. The highest BCUT2D eigenvalue weighted by Gasteiger charge is 2.15. The van der Waals surface area contributed by atoms with Crippen LogP contribution in [0.3, 0.4) is 0 Å². The van der Waals surface area contributed by atoms with E-state index >= 15 is 0 Å². The second-order valence-corrected chi connectivity index (χ2v) is 9.61. The van der Waals surface area contributed by atoms with Crippen LogP contribution in [0.15, 0.2) is 92.0 Å². The summed E-state index contributed by atoms with van der Waals surface area (Å²) in [6.07, 6.45) is 0.661. The molecule has 0 amide bonds. The molecule has 0 fully saturated rings. The van der Waals surface area contributed by atoms with Gasteiger partial charge in [-0.1, -0.05) is 13.2 Å². The molecule has 0 spiro atoms. The number of hydrogen-bond acceptors (Lipinski definition) is 14. The number of benzene rings is 3. The molecule has 14 heteroatoms. The highest BCUT2D eigenvalue weighted by Crippen LogP contribution is 2.26. The number of ether oxygens (including phenoxy) is 8. The van der Waals surface area contributed by atoms with Gasteiger partial charge in [0.25, 0.3) is 0 Å². The molecule has 0 atom stereocenters. The first-order valence-electron chi connectivity index (χ1n) is 14.6. The van der Waals surface area contributed by atoms with E-state index in [4.69, 9.17) is 37.9 Å². The second-order valence-electron chi connectivity index (χ2n) is 9.61. The molecule has 3 aromatic rings. The third kappa shape index (κ3) is 13.1. The fourth-order valence-corrected chi connectivity index (χ4v) is 3.59. The third-order valence-corrected chi connectivity index (χ3v) is 5.98. The first-order valence-corrected chi connectivity index (χ1v) is 14.6. The second kappa shape index (κ2) is 19.3. The molecule has 0 aliphatic carbocycles. The molecule has 3 rings (SSSR count). The summed E-state index contributed by atoms with van der Waals surface area (Å²) in [5, 5.41) is 0. The van der Waals surface area contributed by atoms with E-state index in [-0.39, 0.29) is 73.4 Å². The van der Waals surface area contributed by atoms with Crippen molar-refractivity contribution >= 4 is 36.2 Å². The minimum absolute atomic E-state index is 0.0326. The van der Waals surface area contributed by atoms with E-state index < -0.39 is 36.2 Å². The van der Waals surface area contributed by atoms with Crippen molar-refractivity contribution in [3.8, 4) is 23.0 Å². The van der Waals surface area contributed by atoms with Crippen LogP contribution in [0.25, 0.3) is 0 Å². The molecule has 0 heterocycles. The highest BCUT2D eigenvalue weighted by atomic mass is 16.7. The van der Waals surface area contributed by atoms with Crippen LogP contribution < -0.4 is 18.9 Å². The van der Waals surface area contributed by atoms with Crippen molar-refractivity contribution in [3.05, 3.63) is 109 Å². The lowest BCUT2D eigenvalue weighted by Gasteiger charge is -2.11. The average molecular weight is 677 g/mol. The lowest BCUT2D eigenvalue weighted by molar-refractivity contribution is -0.138. The van der Waals surface area contributed by atoms with Crippen LogP contribution >= 0.6 is 0 Å². The molecule has 0 N–H and O–H groups in total. The largest absolute Gasteiger partial charge is 0.513 e. The molecule has 14 nitrogen and oxygen atoms in total. The lowest BCUT2D eigenvalue weighted by Crippen LogP contribution is -2.14. The maximum atomic E-state index is 12.7. The van der Waals surface area contributed by atoms with Gasteiger partial charge in [0.05, 0.1) is 37.6 Å². The summed E-state index contributed by atoms with van der Waals surface area (Å²) >= 11 is 0. The number of esters is 4. The van der Waals surface area contributed by atoms with Crippen molar-refractivity contribution in [2.45, 2.75) is 19.8 Å². The normalized spacial score (nSPS) is 10.1. The van der Waals surface area contributed by atoms with E-state index in [1.54, 1.807) is 6.92 Å². The number of aryl methyl sites for hydroxylation is 1. The molecular formula is C35H32O14. The third-order valence-electron chi connectivity index (χ3n) is 5.98. The van der Waals surface area contributed by atoms with Gasteiger partial charge in [-0.2, -0.15) is 0 Å². The number of rotatable bonds is 16. The summed E-state index contributed by atoms with van der Waals surface area (Å²) in [6, 6.07) is 15.6. The van der Waals surface area contributed by atoms with Gasteiger partial charge < -0.3 is 37.9 Å². The number of carbonyl (C=O) groups excluding carboxylic acids is 6. The Morgan fingerprint density at radius 1 is 0.531 bits per heavy atom. The van der Waals surface area contributed by atoms with E-state index in [2.05, 4.69) is 13.2 Å². The van der Waals surface area contributed by atoms with Gasteiger partial charge in [-0.05, 0) is 79.2 Å². The van der Waals surface area contributed by atoms with Crippen molar-refractivity contribution in [3.63, 3.8) is 0 Å². The van der Waals surface area contributed by atoms with E-state index in [1.165, 1.54) is 66.7 Å². The zero-order chi connectivity index (χ0) is 35.6. The van der Waals surface area contributed by atoms with Crippen LogP contribution in [0.4, 0.5) is 9.59 Å². The van der Waals surface area contributed by atoms with Gasteiger partial charge in [0.1, 0.15) is 23.0 Å². The maximum absolute atomic E-state index is 12.7. The van der Waals surface area contributed by atoms with Crippen LogP contribution in [0, 0.1) is 6.92 Å². The van der Waals surface area contributed by atoms with Gasteiger partial charge in [0, 0.05) is 25.0 Å². The predicted octanol–water partition coefficient (Wildman–Crippen LogP) is 5.70. The Labute approximate surface area is 280 Å². The summed E-state index contributed by atoms with van der Waals surface area (Å²) < 4.78 is 40.3. The fourth-order valence-electron chi connectivity index (χ4n) is 3.59. The molecular weight excluding hydrogens is 644 g/mol. The Bertz CT molecular complexity index is 1660. The summed E-state index contributed by atoms with van der Waals surface area (Å²) in [7, 11) is 0. The van der Waals surface area contributed by atoms with E-state index in [0.717, 1.165) is 12.2 Å². The molecule has 0 aromatic heterocycles. The fraction of sp³-hybridized carbons (Fsp3) is 0.200. The Morgan fingerprint density at radius 3 is 1.37 bits per heavy atom. The zero-order valence-electron chi connectivity index (χ0n) is 26.4. The summed E-state index contributed by atoms with van der Waals surface area (Å²) in [4.78, 5) is 70.9. The topological polar surface area (TPSA) is 176 Å². The summed E-state index contributed by atoms with van der Waals surface area (Å²) in [6.45, 7) is 8.24. The first kappa shape index (κ1) is 37.0. The van der Waals surface area contributed by atoms with E-state index in [0.29, 0.717) is 5.56 Å². The molecule has 0 bridgehead atoms. The Balaban J connectivity index is 1.43. The maximum Gasteiger partial charge on any atom is 0.513 e. The molecule has 0 unspecified atom stereocenters. The van der Waals surface area contributed by atoms with Gasteiger partial charge in [0.2, 0.25) is 0 Å². The van der Waals surface area contributed by atoms with E-state index in [9.17, 15) is 28.8 Å². The van der Waals surface area contributed by atoms with Gasteiger partial charge in [-0.25, -0.2) is 28.8 Å². The van der Waals surface area contributed by atoms with Gasteiger partial charge >= 0.3 is 36.2 Å². The van der Waals surface area contributed by atoms with Crippen molar-refractivity contribution in [1.29, 1.82) is 0 Å². The van der Waals surface area contributed by atoms with Gasteiger partial charge in [-0.3, -0.25) is 0 Å². The lowest BCUT2D eigenvalue weighted by atomic mass is 10.2. The molecule has 0 aliphatic heterocycles. The Morgan fingerprint density at radius 2 is 0.939 bits per heavy atom. The Hall–Kier alpha value is -6.44. The van der Waals surface area contributed by atoms with E-state index in [1.807, 2.05) is 0 Å². The molecule has 3 aromatic carbocycles. The SMILES string of the molecule is C=CC(=O)OCCCOC(=O)Oc1ccc(C(=O)Oc2ccc(OC(=O)c3ccc(OC(=O)OCCCOC(=O)C=C)cc3)c(C)c2)cc1. The molecule has 256 valence electrons. The molecule has 0 saturated carbocycles. The average Bonchev–Trinajstić information content (AvgIpc) is 3.09. The van der Waals surface area contributed by atoms with Crippen LogP contribution in [0.2, 0.25) is 0 Å². The van der Waals surface area contributed by atoms with Gasteiger partial charge in [0.15, 0.2) is 0 Å². The number of carbonyl (C=O) groups is 6. The summed E-state index contributed by atoms with van der Waals surface area (Å²) in [5.74, 6) is -1.86. The van der Waals surface area contributed by atoms with Crippen LogP contribution in [0.5, 0.6) is 23.0 Å². The van der Waals surface area contributed by atoms with Crippen LogP contribution in [-0.2, 0) is 28.5 Å². The van der Waals surface area contributed by atoms with Crippen molar-refractivity contribution in [1.82, 2.24) is 0 Å². The van der Waals surface area contributed by atoms with Crippen LogP contribution in [0.1, 0.15) is 39.1 Å². The Kier molecular flexibility index (Phi) is 14.6. The molecule has 49 heavy (non-hydrogen) atoms. The van der Waals surface area contributed by atoms with Gasteiger partial charge in [-0.15, -0.1) is 0 Å². The minimum atomic E-state index is -0.968. The first-order chi connectivity index (χ1) is 23.6. The van der Waals surface area contributed by atoms with Crippen molar-refractivity contribution in [2.24, 2.45) is 0 Å². The smallest absolute Gasteiger partial charge is 0.462 e. The zero-order valence-corrected chi connectivity index (χ0v) is 26.4.